The number of thiophene rings is 1. The first-order valence-electron chi connectivity index (χ1n) is 20.0. The van der Waals surface area contributed by atoms with Crippen LogP contribution in [0, 0.1) is 0 Å². The smallest absolute Gasteiger partial charge is 0.135 e. The summed E-state index contributed by atoms with van der Waals surface area (Å²) in [4.78, 5) is 2.44. The number of hydrogen-bond donors (Lipinski definition) is 0. The molecule has 0 fully saturated rings. The third-order valence-corrected chi connectivity index (χ3v) is 13.8. The molecule has 2 nitrogen and oxygen atoms in total. The summed E-state index contributed by atoms with van der Waals surface area (Å²) >= 11 is 1.89. The monoisotopic (exact) mass is 759 g/mol. The lowest BCUT2D eigenvalue weighted by atomic mass is 9.82. The minimum absolute atomic E-state index is 0.0445. The Hall–Kier alpha value is -6.94. The SMILES string of the molecule is CC1(C)c2ccccc2-c2c(-c3ccc(N(c4ccc(-c5ccc6oc7ccccc7c6c5)cc4)c4cccc5c4sc4c6ccccc6ccc54)cc3)cccc21. The molecule has 0 spiro atoms. The maximum atomic E-state index is 6.15. The molecule has 0 atom stereocenters. The van der Waals surface area contributed by atoms with E-state index in [9.17, 15) is 0 Å². The number of fused-ring (bicyclic) bond motifs is 11. The molecule has 2 heterocycles. The molecule has 0 bridgehead atoms. The molecule has 58 heavy (non-hydrogen) atoms. The van der Waals surface area contributed by atoms with E-state index in [1.165, 1.54) is 81.1 Å². The molecule has 0 amide bonds. The zero-order valence-corrected chi connectivity index (χ0v) is 33.0. The summed E-state index contributed by atoms with van der Waals surface area (Å²) in [7, 11) is 0. The van der Waals surface area contributed by atoms with E-state index < -0.39 is 0 Å². The highest BCUT2D eigenvalue weighted by Gasteiger charge is 2.36. The van der Waals surface area contributed by atoms with Gasteiger partial charge in [0.25, 0.3) is 0 Å². The van der Waals surface area contributed by atoms with Gasteiger partial charge in [-0.1, -0.05) is 153 Å². The van der Waals surface area contributed by atoms with E-state index in [1.54, 1.807) is 0 Å². The lowest BCUT2D eigenvalue weighted by Crippen LogP contribution is -2.14. The van der Waals surface area contributed by atoms with Crippen molar-refractivity contribution in [3.63, 3.8) is 0 Å². The van der Waals surface area contributed by atoms with Gasteiger partial charge in [-0.25, -0.2) is 0 Å². The van der Waals surface area contributed by atoms with Crippen molar-refractivity contribution in [1.82, 2.24) is 0 Å². The Balaban J connectivity index is 1.01. The van der Waals surface area contributed by atoms with Crippen LogP contribution in [-0.4, -0.2) is 0 Å². The summed E-state index contributed by atoms with van der Waals surface area (Å²) in [6.07, 6.45) is 0. The van der Waals surface area contributed by atoms with Gasteiger partial charge in [0.05, 0.1) is 10.4 Å². The van der Waals surface area contributed by atoms with E-state index in [4.69, 9.17) is 4.42 Å². The lowest BCUT2D eigenvalue weighted by molar-refractivity contribution is 0.660. The number of rotatable bonds is 5. The first-order chi connectivity index (χ1) is 28.5. The molecule has 1 aliphatic carbocycles. The van der Waals surface area contributed by atoms with Gasteiger partial charge in [-0.15, -0.1) is 11.3 Å². The van der Waals surface area contributed by atoms with Crippen molar-refractivity contribution < 1.29 is 4.42 Å². The summed E-state index contributed by atoms with van der Waals surface area (Å²) in [6, 6.07) is 68.9. The highest BCUT2D eigenvalue weighted by molar-refractivity contribution is 7.27. The largest absolute Gasteiger partial charge is 0.456 e. The number of hydrogen-bond acceptors (Lipinski definition) is 3. The highest BCUT2D eigenvalue weighted by Crippen LogP contribution is 2.52. The second kappa shape index (κ2) is 12.5. The van der Waals surface area contributed by atoms with Crippen LogP contribution in [0.25, 0.3) is 86.3 Å². The molecule has 274 valence electrons. The van der Waals surface area contributed by atoms with Crippen LogP contribution in [0.4, 0.5) is 17.1 Å². The van der Waals surface area contributed by atoms with Crippen LogP contribution in [0.15, 0.2) is 192 Å². The van der Waals surface area contributed by atoms with Crippen LogP contribution in [0.2, 0.25) is 0 Å². The maximum absolute atomic E-state index is 6.15. The Bertz CT molecular complexity index is 3420. The summed E-state index contributed by atoms with van der Waals surface area (Å²) in [6.45, 7) is 4.70. The van der Waals surface area contributed by atoms with E-state index in [2.05, 4.69) is 195 Å². The molecule has 0 radical (unpaired) electrons. The molecular weight excluding hydrogens is 723 g/mol. The molecule has 12 rings (SSSR count). The van der Waals surface area contributed by atoms with Crippen molar-refractivity contribution in [3.05, 3.63) is 199 Å². The lowest BCUT2D eigenvalue weighted by Gasteiger charge is -2.26. The van der Waals surface area contributed by atoms with Crippen LogP contribution in [0.5, 0.6) is 0 Å². The fraction of sp³-hybridized carbons (Fsp3) is 0.0545. The number of anilines is 3. The zero-order chi connectivity index (χ0) is 38.5. The van der Waals surface area contributed by atoms with Crippen molar-refractivity contribution in [3.8, 4) is 33.4 Å². The van der Waals surface area contributed by atoms with Gasteiger partial charge in [0, 0.05) is 43.0 Å². The molecule has 11 aromatic rings. The van der Waals surface area contributed by atoms with Crippen LogP contribution in [0.3, 0.4) is 0 Å². The molecule has 0 saturated carbocycles. The Morgan fingerprint density at radius 3 is 1.90 bits per heavy atom. The zero-order valence-electron chi connectivity index (χ0n) is 32.2. The third-order valence-electron chi connectivity index (χ3n) is 12.5. The molecule has 0 unspecified atom stereocenters. The summed E-state index contributed by atoms with van der Waals surface area (Å²) < 4.78 is 8.75. The maximum Gasteiger partial charge on any atom is 0.135 e. The van der Waals surface area contributed by atoms with Gasteiger partial charge in [0.2, 0.25) is 0 Å². The van der Waals surface area contributed by atoms with Crippen molar-refractivity contribution in [2.24, 2.45) is 0 Å². The number of para-hydroxylation sites is 1. The fourth-order valence-corrected chi connectivity index (χ4v) is 10.9. The van der Waals surface area contributed by atoms with E-state index >= 15 is 0 Å². The van der Waals surface area contributed by atoms with Gasteiger partial charge in [0.1, 0.15) is 11.2 Å². The van der Waals surface area contributed by atoms with Crippen LogP contribution in [0.1, 0.15) is 25.0 Å². The fourth-order valence-electron chi connectivity index (χ4n) is 9.61. The average molecular weight is 760 g/mol. The van der Waals surface area contributed by atoms with Gasteiger partial charge >= 0.3 is 0 Å². The van der Waals surface area contributed by atoms with Crippen LogP contribution < -0.4 is 4.90 Å². The number of furan rings is 1. The van der Waals surface area contributed by atoms with Gasteiger partial charge in [0.15, 0.2) is 0 Å². The van der Waals surface area contributed by atoms with Crippen molar-refractivity contribution in [2.45, 2.75) is 19.3 Å². The van der Waals surface area contributed by atoms with Crippen LogP contribution >= 0.6 is 11.3 Å². The Kier molecular flexibility index (Phi) is 7.18. The Morgan fingerprint density at radius 2 is 1.05 bits per heavy atom. The van der Waals surface area contributed by atoms with E-state index in [0.29, 0.717) is 0 Å². The number of benzene rings is 9. The Morgan fingerprint density at radius 1 is 0.431 bits per heavy atom. The molecular formula is C55H37NOS. The van der Waals surface area contributed by atoms with Crippen molar-refractivity contribution in [1.29, 1.82) is 0 Å². The molecule has 9 aromatic carbocycles. The third kappa shape index (κ3) is 4.90. The van der Waals surface area contributed by atoms with E-state index in [0.717, 1.165) is 33.3 Å². The molecule has 3 heteroatoms. The predicted molar refractivity (Wildman–Crippen MR) is 247 cm³/mol. The molecule has 0 aliphatic heterocycles. The van der Waals surface area contributed by atoms with Crippen LogP contribution in [-0.2, 0) is 5.41 Å². The summed E-state index contributed by atoms with van der Waals surface area (Å²) in [5.41, 5.74) is 15.5. The highest BCUT2D eigenvalue weighted by atomic mass is 32.1. The second-order valence-electron chi connectivity index (χ2n) is 16.1. The first kappa shape index (κ1) is 33.2. The van der Waals surface area contributed by atoms with Gasteiger partial charge in [-0.05, 0) is 104 Å². The summed E-state index contributed by atoms with van der Waals surface area (Å²) in [5, 5.41) is 7.43. The molecule has 1 aliphatic rings. The average Bonchev–Trinajstić information content (AvgIpc) is 3.92. The minimum atomic E-state index is -0.0445. The first-order valence-corrected chi connectivity index (χ1v) is 20.8. The van der Waals surface area contributed by atoms with Gasteiger partial charge in [-0.2, -0.15) is 0 Å². The van der Waals surface area contributed by atoms with Crippen molar-refractivity contribution in [2.75, 3.05) is 4.90 Å². The topological polar surface area (TPSA) is 16.4 Å². The molecule has 2 aromatic heterocycles. The Labute approximate surface area is 340 Å². The van der Waals surface area contributed by atoms with Gasteiger partial charge < -0.3 is 9.32 Å². The normalized spacial score (nSPS) is 13.1. The quantitative estimate of drug-likeness (QED) is 0.174. The van der Waals surface area contributed by atoms with E-state index in [-0.39, 0.29) is 5.41 Å². The minimum Gasteiger partial charge on any atom is -0.456 e. The van der Waals surface area contributed by atoms with E-state index in [1.807, 2.05) is 23.5 Å². The molecule has 0 saturated heterocycles. The predicted octanol–water partition coefficient (Wildman–Crippen LogP) is 16.2. The number of nitrogens with zero attached hydrogens (tertiary/aromatic N) is 1. The van der Waals surface area contributed by atoms with Crippen molar-refractivity contribution >= 4 is 81.3 Å². The molecule has 0 N–H and O–H groups in total. The van der Waals surface area contributed by atoms with Gasteiger partial charge in [-0.3, -0.25) is 0 Å². The second-order valence-corrected chi connectivity index (χ2v) is 17.1. The standard InChI is InChI=1S/C55H37NOS/c1-55(2)47-17-7-5-14-45(47)52-40(15-9-18-48(52)55)36-23-29-39(30-24-36)56(49-19-10-16-43-44-31-25-35-11-3-4-12-41(35)53(44)58-54(43)49)38-27-21-34(22-28-38)37-26-32-51-46(33-37)42-13-6-8-20-50(42)57-51/h3-33H,1-2H3. The summed E-state index contributed by atoms with van der Waals surface area (Å²) in [5.74, 6) is 0.